The van der Waals surface area contributed by atoms with E-state index < -0.39 is 0 Å². The van der Waals surface area contributed by atoms with E-state index in [-0.39, 0.29) is 11.3 Å². The summed E-state index contributed by atoms with van der Waals surface area (Å²) in [5, 5.41) is 12.3. The molecule has 1 saturated heterocycles. The van der Waals surface area contributed by atoms with E-state index in [4.69, 9.17) is 5.26 Å². The molecule has 1 aliphatic heterocycles. The van der Waals surface area contributed by atoms with Crippen molar-refractivity contribution in [3.8, 4) is 6.07 Å². The molecule has 1 aromatic rings. The van der Waals surface area contributed by atoms with Crippen LogP contribution in [0.3, 0.4) is 0 Å². The summed E-state index contributed by atoms with van der Waals surface area (Å²) < 4.78 is 0. The van der Waals surface area contributed by atoms with Crippen molar-refractivity contribution < 1.29 is 4.79 Å². The number of anilines is 1. The molecule has 4 heteroatoms. The van der Waals surface area contributed by atoms with E-state index in [2.05, 4.69) is 18.3 Å². The molecular weight excluding hydrogens is 250 g/mol. The highest BCUT2D eigenvalue weighted by Gasteiger charge is 2.42. The summed E-state index contributed by atoms with van der Waals surface area (Å²) in [6, 6.07) is 9.32. The number of hydrogen-bond donors (Lipinski definition) is 1. The lowest BCUT2D eigenvalue weighted by atomic mass is 9.81. The highest BCUT2D eigenvalue weighted by molar-refractivity contribution is 5.97. The summed E-state index contributed by atoms with van der Waals surface area (Å²) >= 11 is 0. The van der Waals surface area contributed by atoms with Gasteiger partial charge in [-0.25, -0.2) is 0 Å². The normalized spacial score (nSPS) is 21.4. The minimum absolute atomic E-state index is 0.152. The number of nitriles is 1. The van der Waals surface area contributed by atoms with Gasteiger partial charge < -0.3 is 10.2 Å². The zero-order valence-electron chi connectivity index (χ0n) is 12.1. The summed E-state index contributed by atoms with van der Waals surface area (Å²) in [5.74, 6) is 0.152. The molecule has 1 unspecified atom stereocenters. The van der Waals surface area contributed by atoms with Gasteiger partial charge >= 0.3 is 0 Å². The van der Waals surface area contributed by atoms with Crippen LogP contribution in [0.25, 0.3) is 0 Å². The van der Waals surface area contributed by atoms with E-state index in [1.165, 1.54) is 0 Å². The van der Waals surface area contributed by atoms with Gasteiger partial charge in [0.05, 0.1) is 17.0 Å². The lowest BCUT2D eigenvalue weighted by molar-refractivity contribution is -0.127. The molecule has 4 nitrogen and oxygen atoms in total. The zero-order valence-corrected chi connectivity index (χ0v) is 12.1. The second kappa shape index (κ2) is 6.06. The highest BCUT2D eigenvalue weighted by Crippen LogP contribution is 2.34. The fraction of sp³-hybridized carbons (Fsp3) is 0.500. The first-order valence-electron chi connectivity index (χ1n) is 7.12. The Morgan fingerprint density at radius 2 is 2.35 bits per heavy atom. The molecule has 2 rings (SSSR count). The van der Waals surface area contributed by atoms with Gasteiger partial charge in [-0.3, -0.25) is 4.79 Å². The Hall–Kier alpha value is -1.86. The Morgan fingerprint density at radius 3 is 2.95 bits per heavy atom. The largest absolute Gasteiger partial charge is 0.316 e. The predicted octanol–water partition coefficient (Wildman–Crippen LogP) is 2.30. The van der Waals surface area contributed by atoms with Gasteiger partial charge in [0.25, 0.3) is 0 Å². The van der Waals surface area contributed by atoms with E-state index in [9.17, 15) is 4.79 Å². The monoisotopic (exact) mass is 271 g/mol. The zero-order chi connectivity index (χ0) is 14.6. The lowest BCUT2D eigenvalue weighted by Crippen LogP contribution is -2.43. The van der Waals surface area contributed by atoms with Gasteiger partial charge in [-0.1, -0.05) is 19.4 Å². The molecule has 1 heterocycles. The number of nitrogens with one attached hydrogen (secondary N) is 1. The molecule has 1 aromatic carbocycles. The number of amides is 1. The molecule has 0 spiro atoms. The third-order valence-corrected chi connectivity index (χ3v) is 4.09. The van der Waals surface area contributed by atoms with Crippen LogP contribution in [-0.2, 0) is 4.79 Å². The van der Waals surface area contributed by atoms with Crippen molar-refractivity contribution in [3.63, 3.8) is 0 Å². The molecule has 20 heavy (non-hydrogen) atoms. The van der Waals surface area contributed by atoms with Gasteiger partial charge in [0.1, 0.15) is 0 Å². The SMILES string of the molecule is CCCC1(C(=O)N(C)c2cccc(C#N)c2)CCNC1. The molecule has 0 radical (unpaired) electrons. The van der Waals surface area contributed by atoms with Crippen LogP contribution in [0.5, 0.6) is 0 Å². The molecule has 1 N–H and O–H groups in total. The van der Waals surface area contributed by atoms with Gasteiger partial charge in [-0.2, -0.15) is 5.26 Å². The third kappa shape index (κ3) is 2.68. The van der Waals surface area contributed by atoms with Crippen LogP contribution >= 0.6 is 0 Å². The maximum absolute atomic E-state index is 12.9. The molecule has 0 aliphatic carbocycles. The molecule has 1 amide bonds. The average Bonchev–Trinajstić information content (AvgIpc) is 2.96. The minimum atomic E-state index is -0.286. The van der Waals surface area contributed by atoms with Gasteiger partial charge in [0.15, 0.2) is 0 Å². The molecule has 0 saturated carbocycles. The Kier molecular flexibility index (Phi) is 4.41. The first-order chi connectivity index (χ1) is 9.63. The van der Waals surface area contributed by atoms with Crippen LogP contribution in [0.1, 0.15) is 31.7 Å². The molecule has 106 valence electrons. The highest BCUT2D eigenvalue weighted by atomic mass is 16.2. The van der Waals surface area contributed by atoms with Gasteiger partial charge in [0.2, 0.25) is 5.91 Å². The maximum Gasteiger partial charge on any atom is 0.234 e. The van der Waals surface area contributed by atoms with E-state index >= 15 is 0 Å². The van der Waals surface area contributed by atoms with Gasteiger partial charge in [0, 0.05) is 19.3 Å². The molecule has 1 fully saturated rings. The van der Waals surface area contributed by atoms with E-state index in [0.29, 0.717) is 5.56 Å². The minimum Gasteiger partial charge on any atom is -0.316 e. The van der Waals surface area contributed by atoms with E-state index in [1.807, 2.05) is 12.1 Å². The number of hydrogen-bond acceptors (Lipinski definition) is 3. The fourth-order valence-corrected chi connectivity index (χ4v) is 2.98. The Balaban J connectivity index is 2.25. The van der Waals surface area contributed by atoms with Crippen LogP contribution in [0.15, 0.2) is 24.3 Å². The van der Waals surface area contributed by atoms with Gasteiger partial charge in [-0.05, 0) is 37.6 Å². The van der Waals surface area contributed by atoms with Gasteiger partial charge in [-0.15, -0.1) is 0 Å². The Labute approximate surface area is 120 Å². The van der Waals surface area contributed by atoms with Crippen LogP contribution in [-0.4, -0.2) is 26.0 Å². The maximum atomic E-state index is 12.9. The van der Waals surface area contributed by atoms with Crippen molar-refractivity contribution in [2.45, 2.75) is 26.2 Å². The average molecular weight is 271 g/mol. The predicted molar refractivity (Wildman–Crippen MR) is 79.4 cm³/mol. The van der Waals surface area contributed by atoms with E-state index in [0.717, 1.165) is 38.0 Å². The number of benzene rings is 1. The van der Waals surface area contributed by atoms with Crippen LogP contribution < -0.4 is 10.2 Å². The molecular formula is C16H21N3O. The van der Waals surface area contributed by atoms with Crippen LogP contribution in [0.4, 0.5) is 5.69 Å². The quantitative estimate of drug-likeness (QED) is 0.914. The topological polar surface area (TPSA) is 56.1 Å². The molecule has 0 aromatic heterocycles. The van der Waals surface area contributed by atoms with Crippen molar-refractivity contribution in [1.29, 1.82) is 5.26 Å². The fourth-order valence-electron chi connectivity index (χ4n) is 2.98. The second-order valence-corrected chi connectivity index (χ2v) is 5.48. The standard InChI is InChI=1S/C16H21N3O/c1-3-7-16(8-9-18-12-16)15(20)19(2)14-6-4-5-13(10-14)11-17/h4-6,10,18H,3,7-9,12H2,1-2H3. The smallest absolute Gasteiger partial charge is 0.234 e. The number of carbonyl (C=O) groups excluding carboxylic acids is 1. The summed E-state index contributed by atoms with van der Waals surface area (Å²) in [6.07, 6.45) is 2.79. The summed E-state index contributed by atoms with van der Waals surface area (Å²) in [5.41, 5.74) is 1.08. The van der Waals surface area contributed by atoms with E-state index in [1.54, 1.807) is 24.1 Å². The van der Waals surface area contributed by atoms with Crippen LogP contribution in [0, 0.1) is 16.7 Å². The Bertz CT molecular complexity index is 527. The number of carbonyl (C=O) groups is 1. The summed E-state index contributed by atoms with van der Waals surface area (Å²) in [7, 11) is 1.80. The number of nitrogens with zero attached hydrogens (tertiary/aromatic N) is 2. The first kappa shape index (κ1) is 14.5. The number of rotatable bonds is 4. The first-order valence-corrected chi connectivity index (χ1v) is 7.12. The van der Waals surface area contributed by atoms with Crippen molar-refractivity contribution >= 4 is 11.6 Å². The summed E-state index contributed by atoms with van der Waals surface area (Å²) in [4.78, 5) is 14.6. The molecule has 0 bridgehead atoms. The van der Waals surface area contributed by atoms with Crippen molar-refractivity contribution in [1.82, 2.24) is 5.32 Å². The van der Waals surface area contributed by atoms with Crippen molar-refractivity contribution in [2.75, 3.05) is 25.0 Å². The molecule has 1 atom stereocenters. The van der Waals surface area contributed by atoms with Crippen molar-refractivity contribution in [3.05, 3.63) is 29.8 Å². The molecule has 1 aliphatic rings. The Morgan fingerprint density at radius 1 is 1.55 bits per heavy atom. The van der Waals surface area contributed by atoms with Crippen molar-refractivity contribution in [2.24, 2.45) is 5.41 Å². The lowest BCUT2D eigenvalue weighted by Gasteiger charge is -2.31. The van der Waals surface area contributed by atoms with Crippen LogP contribution in [0.2, 0.25) is 0 Å². The second-order valence-electron chi connectivity index (χ2n) is 5.48. The third-order valence-electron chi connectivity index (χ3n) is 4.09. The summed E-state index contributed by atoms with van der Waals surface area (Å²) in [6.45, 7) is 3.77.